The Kier molecular flexibility index (Phi) is 10.8. The molecule has 0 unspecified atom stereocenters. The Morgan fingerprint density at radius 2 is 1.75 bits per heavy atom. The van der Waals surface area contributed by atoms with Crippen molar-refractivity contribution in [1.82, 2.24) is 0 Å². The molecule has 20 heavy (non-hydrogen) atoms. The number of rotatable bonds is 7. The summed E-state index contributed by atoms with van der Waals surface area (Å²) in [6, 6.07) is 9.44. The first kappa shape index (κ1) is 18.0. The van der Waals surface area contributed by atoms with Gasteiger partial charge in [-0.3, -0.25) is 9.59 Å². The molecule has 112 valence electrons. The van der Waals surface area contributed by atoms with Gasteiger partial charge in [-0.25, -0.2) is 0 Å². The second kappa shape index (κ2) is 12.0. The van der Waals surface area contributed by atoms with E-state index in [0.717, 1.165) is 12.2 Å². The first-order valence-corrected chi connectivity index (χ1v) is 6.65. The van der Waals surface area contributed by atoms with Crippen molar-refractivity contribution in [2.45, 2.75) is 33.1 Å². The van der Waals surface area contributed by atoms with E-state index in [4.69, 9.17) is 14.6 Å². The molecule has 5 nitrogen and oxygen atoms in total. The summed E-state index contributed by atoms with van der Waals surface area (Å²) in [7, 11) is 0. The van der Waals surface area contributed by atoms with Gasteiger partial charge in [0.15, 0.2) is 0 Å². The van der Waals surface area contributed by atoms with E-state index in [9.17, 15) is 9.59 Å². The summed E-state index contributed by atoms with van der Waals surface area (Å²) in [5, 5.41) is 7.91. The highest BCUT2D eigenvalue weighted by atomic mass is 16.6. The third kappa shape index (κ3) is 11.1. The predicted molar refractivity (Wildman–Crippen MR) is 75.7 cm³/mol. The molecule has 5 heteroatoms. The molecule has 0 radical (unpaired) electrons. The van der Waals surface area contributed by atoms with Gasteiger partial charge < -0.3 is 14.6 Å². The Morgan fingerprint density at radius 1 is 1.10 bits per heavy atom. The summed E-state index contributed by atoms with van der Waals surface area (Å²) in [5.41, 5.74) is 0. The molecule has 0 saturated carbocycles. The minimum atomic E-state index is -0.711. The molecule has 0 atom stereocenters. The number of carboxylic acid groups (broad SMARTS) is 1. The number of carboxylic acids is 1. The molecule has 0 bridgehead atoms. The minimum Gasteiger partial charge on any atom is -0.490 e. The molecule has 0 aromatic heterocycles. The van der Waals surface area contributed by atoms with Gasteiger partial charge in [0, 0.05) is 12.8 Å². The second-order valence-corrected chi connectivity index (χ2v) is 3.88. The molecule has 1 aromatic rings. The van der Waals surface area contributed by atoms with Crippen molar-refractivity contribution in [2.24, 2.45) is 0 Å². The van der Waals surface area contributed by atoms with Gasteiger partial charge in [-0.2, -0.15) is 0 Å². The maximum Gasteiger partial charge on any atom is 0.305 e. The first-order valence-electron chi connectivity index (χ1n) is 6.65. The van der Waals surface area contributed by atoms with Crippen LogP contribution in [0, 0.1) is 0 Å². The normalized spacial score (nSPS) is 9.10. The van der Waals surface area contributed by atoms with E-state index in [0.29, 0.717) is 26.1 Å². The molecule has 0 heterocycles. The maximum absolute atomic E-state index is 10.7. The number of esters is 1. The predicted octanol–water partition coefficient (Wildman–Crippen LogP) is 2.89. The van der Waals surface area contributed by atoms with E-state index in [1.54, 1.807) is 6.92 Å². The Balaban J connectivity index is 0.000000511. The van der Waals surface area contributed by atoms with Crippen molar-refractivity contribution in [3.8, 4) is 5.75 Å². The SMILES string of the molecule is CCC(=O)OCCOc1ccccc1.CCCC(=O)O. The third-order valence-corrected chi connectivity index (χ3v) is 2.11. The van der Waals surface area contributed by atoms with E-state index in [-0.39, 0.29) is 5.97 Å². The van der Waals surface area contributed by atoms with Gasteiger partial charge in [-0.1, -0.05) is 32.0 Å². The highest BCUT2D eigenvalue weighted by Gasteiger charge is 1.97. The number of carbonyl (C=O) groups excluding carboxylic acids is 1. The summed E-state index contributed by atoms with van der Waals surface area (Å²) in [4.78, 5) is 20.3. The Morgan fingerprint density at radius 3 is 2.20 bits per heavy atom. The zero-order chi connectivity index (χ0) is 15.2. The van der Waals surface area contributed by atoms with Crippen LogP contribution < -0.4 is 4.74 Å². The lowest BCUT2D eigenvalue weighted by atomic mass is 10.3. The quantitative estimate of drug-likeness (QED) is 0.615. The second-order valence-electron chi connectivity index (χ2n) is 3.88. The highest BCUT2D eigenvalue weighted by molar-refractivity contribution is 5.68. The van der Waals surface area contributed by atoms with E-state index < -0.39 is 5.97 Å². The van der Waals surface area contributed by atoms with Crippen molar-refractivity contribution in [3.63, 3.8) is 0 Å². The number of hydrogen-bond donors (Lipinski definition) is 1. The number of ether oxygens (including phenoxy) is 2. The standard InChI is InChI=1S/C11H14O3.C4H8O2/c1-2-11(12)14-9-8-13-10-6-4-3-5-7-10;1-2-3-4(5)6/h3-7H,2,8-9H2,1H3;2-3H2,1H3,(H,5,6). The van der Waals surface area contributed by atoms with Crippen molar-refractivity contribution in [1.29, 1.82) is 0 Å². The molecule has 0 aliphatic carbocycles. The molecule has 1 aromatic carbocycles. The molecule has 0 amide bonds. The summed E-state index contributed by atoms with van der Waals surface area (Å²) in [6.45, 7) is 4.31. The zero-order valence-corrected chi connectivity index (χ0v) is 12.0. The van der Waals surface area contributed by atoms with Gasteiger partial charge in [0.1, 0.15) is 19.0 Å². The van der Waals surface area contributed by atoms with E-state index in [2.05, 4.69) is 0 Å². The lowest BCUT2D eigenvalue weighted by Gasteiger charge is -2.05. The Hall–Kier alpha value is -2.04. The van der Waals surface area contributed by atoms with Gasteiger partial charge in [-0.05, 0) is 18.6 Å². The van der Waals surface area contributed by atoms with Crippen molar-refractivity contribution in [2.75, 3.05) is 13.2 Å². The Labute approximate surface area is 119 Å². The van der Waals surface area contributed by atoms with Crippen LogP contribution in [0.5, 0.6) is 5.75 Å². The van der Waals surface area contributed by atoms with Crippen LogP contribution in [0.25, 0.3) is 0 Å². The fourth-order valence-corrected chi connectivity index (χ4v) is 1.15. The van der Waals surface area contributed by atoms with Crippen molar-refractivity contribution >= 4 is 11.9 Å². The number of aliphatic carboxylic acids is 1. The molecule has 1 N–H and O–H groups in total. The molecular weight excluding hydrogens is 260 g/mol. The molecule has 0 aliphatic rings. The van der Waals surface area contributed by atoms with E-state index >= 15 is 0 Å². The lowest BCUT2D eigenvalue weighted by Crippen LogP contribution is -2.10. The molecule has 1 rings (SSSR count). The topological polar surface area (TPSA) is 72.8 Å². The van der Waals surface area contributed by atoms with Gasteiger partial charge in [0.2, 0.25) is 0 Å². The molecule has 0 saturated heterocycles. The Bertz CT molecular complexity index is 375. The van der Waals surface area contributed by atoms with Gasteiger partial charge >= 0.3 is 11.9 Å². The molecule has 0 fully saturated rings. The van der Waals surface area contributed by atoms with Crippen molar-refractivity contribution < 1.29 is 24.2 Å². The summed E-state index contributed by atoms with van der Waals surface area (Å²) >= 11 is 0. The fraction of sp³-hybridized carbons (Fsp3) is 0.467. The van der Waals surface area contributed by atoms with Crippen LogP contribution in [0.3, 0.4) is 0 Å². The summed E-state index contributed by atoms with van der Waals surface area (Å²) in [6.07, 6.45) is 1.43. The van der Waals surface area contributed by atoms with E-state index in [1.165, 1.54) is 0 Å². The smallest absolute Gasteiger partial charge is 0.305 e. The number of benzene rings is 1. The van der Waals surface area contributed by atoms with Crippen LogP contribution in [0.15, 0.2) is 30.3 Å². The van der Waals surface area contributed by atoms with Crippen LogP contribution in [0.1, 0.15) is 33.1 Å². The molecular formula is C15H22O5. The number of para-hydroxylation sites is 1. The van der Waals surface area contributed by atoms with Crippen LogP contribution in [0.2, 0.25) is 0 Å². The average molecular weight is 282 g/mol. The largest absolute Gasteiger partial charge is 0.490 e. The molecule has 0 spiro atoms. The molecule has 0 aliphatic heterocycles. The minimum absolute atomic E-state index is 0.193. The average Bonchev–Trinajstić information content (AvgIpc) is 2.45. The number of carbonyl (C=O) groups is 2. The highest BCUT2D eigenvalue weighted by Crippen LogP contribution is 2.07. The van der Waals surface area contributed by atoms with Gasteiger partial charge in [0.25, 0.3) is 0 Å². The third-order valence-electron chi connectivity index (χ3n) is 2.11. The summed E-state index contributed by atoms with van der Waals surface area (Å²) in [5.74, 6) is -0.112. The van der Waals surface area contributed by atoms with Gasteiger partial charge in [0.05, 0.1) is 0 Å². The van der Waals surface area contributed by atoms with Crippen molar-refractivity contribution in [3.05, 3.63) is 30.3 Å². The van der Waals surface area contributed by atoms with Crippen LogP contribution >= 0.6 is 0 Å². The first-order chi connectivity index (χ1) is 9.60. The van der Waals surface area contributed by atoms with Crippen LogP contribution in [0.4, 0.5) is 0 Å². The number of hydrogen-bond acceptors (Lipinski definition) is 4. The van der Waals surface area contributed by atoms with E-state index in [1.807, 2.05) is 37.3 Å². The fourth-order valence-electron chi connectivity index (χ4n) is 1.15. The van der Waals surface area contributed by atoms with Gasteiger partial charge in [-0.15, -0.1) is 0 Å². The lowest BCUT2D eigenvalue weighted by molar-refractivity contribution is -0.144. The summed E-state index contributed by atoms with van der Waals surface area (Å²) < 4.78 is 10.2. The van der Waals surface area contributed by atoms with Crippen LogP contribution in [-0.4, -0.2) is 30.3 Å². The van der Waals surface area contributed by atoms with Crippen LogP contribution in [-0.2, 0) is 14.3 Å². The monoisotopic (exact) mass is 282 g/mol. The zero-order valence-electron chi connectivity index (χ0n) is 12.0. The maximum atomic E-state index is 10.7.